The van der Waals surface area contributed by atoms with E-state index in [2.05, 4.69) is 54.7 Å². The average Bonchev–Trinajstić information content (AvgIpc) is 2.03. The topological polar surface area (TPSA) is 0 Å². The minimum Gasteiger partial charge on any atom is -0.0891 e. The molecule has 4 unspecified atom stereocenters. The molecule has 0 aromatic heterocycles. The van der Waals surface area contributed by atoms with Crippen LogP contribution in [0.1, 0.15) is 32.6 Å². The molecule has 0 bridgehead atoms. The SMILES string of the molecule is CC(Br)C(Br)C1CCCC(Br)C1. The van der Waals surface area contributed by atoms with Crippen molar-refractivity contribution < 1.29 is 0 Å². The van der Waals surface area contributed by atoms with Gasteiger partial charge >= 0.3 is 0 Å². The number of halogens is 3. The summed E-state index contributed by atoms with van der Waals surface area (Å²) in [6, 6.07) is 0. The average molecular weight is 363 g/mol. The lowest BCUT2D eigenvalue weighted by Crippen LogP contribution is -2.27. The minimum atomic E-state index is 0.584. The van der Waals surface area contributed by atoms with E-state index in [1.165, 1.54) is 25.7 Å². The molecule has 1 saturated carbocycles. The standard InChI is InChI=1S/C9H15Br3/c1-6(10)9(12)7-3-2-4-8(11)5-7/h6-9H,2-5H2,1H3. The van der Waals surface area contributed by atoms with Crippen molar-refractivity contribution in [3.8, 4) is 0 Å². The summed E-state index contributed by atoms with van der Waals surface area (Å²) >= 11 is 11.1. The molecule has 72 valence electrons. The second kappa shape index (κ2) is 5.35. The van der Waals surface area contributed by atoms with E-state index >= 15 is 0 Å². The van der Waals surface area contributed by atoms with E-state index in [1.54, 1.807) is 0 Å². The largest absolute Gasteiger partial charge is 0.0891 e. The summed E-state index contributed by atoms with van der Waals surface area (Å²) in [5.41, 5.74) is 0. The maximum atomic E-state index is 3.76. The summed E-state index contributed by atoms with van der Waals surface area (Å²) in [5, 5.41) is 0. The van der Waals surface area contributed by atoms with Gasteiger partial charge in [0.2, 0.25) is 0 Å². The normalized spacial score (nSPS) is 36.0. The van der Waals surface area contributed by atoms with Gasteiger partial charge in [-0.05, 0) is 25.2 Å². The van der Waals surface area contributed by atoms with Crippen LogP contribution >= 0.6 is 47.8 Å². The van der Waals surface area contributed by atoms with Gasteiger partial charge in [0.25, 0.3) is 0 Å². The molecule has 0 N–H and O–H groups in total. The zero-order valence-corrected chi connectivity index (χ0v) is 12.0. The van der Waals surface area contributed by atoms with Crippen molar-refractivity contribution in [2.45, 2.75) is 47.1 Å². The fourth-order valence-electron chi connectivity index (χ4n) is 1.83. The summed E-state index contributed by atoms with van der Waals surface area (Å²) in [7, 11) is 0. The number of rotatable bonds is 2. The molecule has 0 amide bonds. The molecule has 1 fully saturated rings. The third kappa shape index (κ3) is 3.30. The predicted octanol–water partition coefficient (Wildman–Crippen LogP) is 4.49. The second-order valence-corrected chi connectivity index (χ2v) is 7.44. The maximum absolute atomic E-state index is 3.76. The van der Waals surface area contributed by atoms with Crippen molar-refractivity contribution in [3.05, 3.63) is 0 Å². The predicted molar refractivity (Wildman–Crippen MR) is 65.8 cm³/mol. The van der Waals surface area contributed by atoms with Gasteiger partial charge in [-0.1, -0.05) is 61.1 Å². The first-order valence-corrected chi connectivity index (χ1v) is 7.28. The highest BCUT2D eigenvalue weighted by molar-refractivity contribution is 9.12. The van der Waals surface area contributed by atoms with E-state index in [4.69, 9.17) is 0 Å². The van der Waals surface area contributed by atoms with Crippen molar-refractivity contribution in [2.75, 3.05) is 0 Å². The molecule has 0 aromatic carbocycles. The molecule has 3 heteroatoms. The Bertz CT molecular complexity index is 136. The maximum Gasteiger partial charge on any atom is 0.0297 e. The molecule has 0 aromatic rings. The van der Waals surface area contributed by atoms with Crippen molar-refractivity contribution in [1.29, 1.82) is 0 Å². The van der Waals surface area contributed by atoms with Gasteiger partial charge in [-0.25, -0.2) is 0 Å². The summed E-state index contributed by atoms with van der Waals surface area (Å²) in [6.07, 6.45) is 5.44. The van der Waals surface area contributed by atoms with Gasteiger partial charge in [-0.3, -0.25) is 0 Å². The quantitative estimate of drug-likeness (QED) is 0.635. The molecule has 1 aliphatic rings. The molecule has 0 radical (unpaired) electrons. The highest BCUT2D eigenvalue weighted by Gasteiger charge is 2.27. The summed E-state index contributed by atoms with van der Waals surface area (Å²) in [6.45, 7) is 2.22. The third-order valence-corrected chi connectivity index (χ3v) is 6.19. The van der Waals surface area contributed by atoms with E-state index in [0.717, 1.165) is 10.7 Å². The number of hydrogen-bond donors (Lipinski definition) is 0. The van der Waals surface area contributed by atoms with E-state index in [9.17, 15) is 0 Å². The highest BCUT2D eigenvalue weighted by atomic mass is 79.9. The fourth-order valence-corrected chi connectivity index (χ4v) is 3.55. The Balaban J connectivity index is 2.40. The summed E-state index contributed by atoms with van der Waals surface area (Å²) in [4.78, 5) is 1.97. The first-order valence-electron chi connectivity index (χ1n) is 4.53. The van der Waals surface area contributed by atoms with Crippen molar-refractivity contribution in [3.63, 3.8) is 0 Å². The summed E-state index contributed by atoms with van der Waals surface area (Å²) < 4.78 is 0. The van der Waals surface area contributed by atoms with E-state index in [0.29, 0.717) is 9.65 Å². The van der Waals surface area contributed by atoms with Crippen LogP contribution in [0.15, 0.2) is 0 Å². The molecule has 0 aliphatic heterocycles. The zero-order chi connectivity index (χ0) is 9.14. The Morgan fingerprint density at radius 2 is 1.92 bits per heavy atom. The van der Waals surface area contributed by atoms with Gasteiger partial charge in [0.15, 0.2) is 0 Å². The monoisotopic (exact) mass is 360 g/mol. The number of alkyl halides is 3. The molecular weight excluding hydrogens is 348 g/mol. The lowest BCUT2D eigenvalue weighted by atomic mass is 9.86. The molecule has 1 rings (SSSR count). The van der Waals surface area contributed by atoms with Crippen LogP contribution in [0.25, 0.3) is 0 Å². The molecule has 4 atom stereocenters. The minimum absolute atomic E-state index is 0.584. The van der Waals surface area contributed by atoms with Crippen LogP contribution in [-0.2, 0) is 0 Å². The first-order chi connectivity index (χ1) is 5.61. The lowest BCUT2D eigenvalue weighted by Gasteiger charge is -2.30. The van der Waals surface area contributed by atoms with Crippen molar-refractivity contribution in [1.82, 2.24) is 0 Å². The fraction of sp³-hybridized carbons (Fsp3) is 1.00. The van der Waals surface area contributed by atoms with Gasteiger partial charge in [0.1, 0.15) is 0 Å². The molecule has 0 nitrogen and oxygen atoms in total. The summed E-state index contributed by atoms with van der Waals surface area (Å²) in [5.74, 6) is 0.845. The van der Waals surface area contributed by atoms with Gasteiger partial charge in [0, 0.05) is 14.5 Å². The molecule has 0 heterocycles. The Hall–Kier alpha value is 1.44. The van der Waals surface area contributed by atoms with E-state index in [1.807, 2.05) is 0 Å². The molecule has 1 aliphatic carbocycles. The molecular formula is C9H15Br3. The van der Waals surface area contributed by atoms with Crippen molar-refractivity contribution in [2.24, 2.45) is 5.92 Å². The smallest absolute Gasteiger partial charge is 0.0297 e. The van der Waals surface area contributed by atoms with E-state index in [-0.39, 0.29) is 0 Å². The first kappa shape index (κ1) is 11.5. The Kier molecular flexibility index (Phi) is 5.14. The molecule has 0 spiro atoms. The Labute approximate surface area is 100 Å². The van der Waals surface area contributed by atoms with E-state index < -0.39 is 0 Å². The van der Waals surface area contributed by atoms with Crippen LogP contribution in [0.5, 0.6) is 0 Å². The highest BCUT2D eigenvalue weighted by Crippen LogP contribution is 2.36. The van der Waals surface area contributed by atoms with Crippen LogP contribution in [0.4, 0.5) is 0 Å². The third-order valence-electron chi connectivity index (χ3n) is 2.54. The number of hydrogen-bond acceptors (Lipinski definition) is 0. The van der Waals surface area contributed by atoms with Gasteiger partial charge < -0.3 is 0 Å². The lowest BCUT2D eigenvalue weighted by molar-refractivity contribution is 0.362. The van der Waals surface area contributed by atoms with Crippen LogP contribution in [-0.4, -0.2) is 14.5 Å². The zero-order valence-electron chi connectivity index (χ0n) is 7.27. The van der Waals surface area contributed by atoms with Gasteiger partial charge in [0.05, 0.1) is 0 Å². The van der Waals surface area contributed by atoms with Crippen LogP contribution < -0.4 is 0 Å². The molecule has 12 heavy (non-hydrogen) atoms. The Morgan fingerprint density at radius 1 is 1.25 bits per heavy atom. The van der Waals surface area contributed by atoms with Crippen LogP contribution in [0, 0.1) is 5.92 Å². The van der Waals surface area contributed by atoms with Crippen LogP contribution in [0.2, 0.25) is 0 Å². The van der Waals surface area contributed by atoms with Crippen molar-refractivity contribution >= 4 is 47.8 Å². The Morgan fingerprint density at radius 3 is 2.42 bits per heavy atom. The molecule has 0 saturated heterocycles. The second-order valence-electron chi connectivity index (χ2n) is 3.65. The van der Waals surface area contributed by atoms with Gasteiger partial charge in [-0.2, -0.15) is 0 Å². The van der Waals surface area contributed by atoms with Gasteiger partial charge in [-0.15, -0.1) is 0 Å². The van der Waals surface area contributed by atoms with Crippen LogP contribution in [0.3, 0.4) is 0 Å².